The van der Waals surface area contributed by atoms with Crippen LogP contribution in [0.4, 0.5) is 0 Å². The minimum atomic E-state index is -0.753. The van der Waals surface area contributed by atoms with Gasteiger partial charge in [-0.3, -0.25) is 4.79 Å². The Morgan fingerprint density at radius 3 is 2.43 bits per heavy atom. The Hall–Kier alpha value is -0.570. The summed E-state index contributed by atoms with van der Waals surface area (Å²) in [6, 6.07) is 0. The largest absolute Gasteiger partial charge is 0.481 e. The molecule has 3 nitrogen and oxygen atoms in total. The van der Waals surface area contributed by atoms with Gasteiger partial charge in [0.15, 0.2) is 0 Å². The van der Waals surface area contributed by atoms with Crippen molar-refractivity contribution in [1.29, 1.82) is 0 Å². The molecule has 0 saturated heterocycles. The van der Waals surface area contributed by atoms with Gasteiger partial charge >= 0.3 is 5.97 Å². The molecule has 0 rings (SSSR count). The fraction of sp³-hybridized carbons (Fsp3) is 0.909. The van der Waals surface area contributed by atoms with Crippen molar-refractivity contribution in [3.8, 4) is 0 Å². The van der Waals surface area contributed by atoms with Crippen LogP contribution in [-0.4, -0.2) is 23.8 Å². The second-order valence-electron chi connectivity index (χ2n) is 4.92. The molecule has 0 aliphatic rings. The molecule has 0 heterocycles. The molecule has 3 heteroatoms. The highest BCUT2D eigenvalue weighted by atomic mass is 16.5. The van der Waals surface area contributed by atoms with Gasteiger partial charge in [0.05, 0.1) is 6.10 Å². The molecule has 0 spiro atoms. The number of ether oxygens (including phenoxy) is 1. The SMILES string of the molecule is CC(CCC(=O)O)OCCC(C)(C)C. The third-order valence-corrected chi connectivity index (χ3v) is 2.02. The van der Waals surface area contributed by atoms with E-state index in [1.807, 2.05) is 6.92 Å². The normalized spacial score (nSPS) is 14.0. The lowest BCUT2D eigenvalue weighted by molar-refractivity contribution is -0.137. The topological polar surface area (TPSA) is 46.5 Å². The van der Waals surface area contributed by atoms with Crippen molar-refractivity contribution in [1.82, 2.24) is 0 Å². The first kappa shape index (κ1) is 13.4. The van der Waals surface area contributed by atoms with E-state index in [9.17, 15) is 4.79 Å². The molecule has 84 valence electrons. The summed E-state index contributed by atoms with van der Waals surface area (Å²) < 4.78 is 5.51. The molecule has 1 N–H and O–H groups in total. The maximum atomic E-state index is 10.3. The molecule has 1 atom stereocenters. The minimum Gasteiger partial charge on any atom is -0.481 e. The summed E-state index contributed by atoms with van der Waals surface area (Å²) in [6.07, 6.45) is 1.84. The van der Waals surface area contributed by atoms with Crippen molar-refractivity contribution >= 4 is 5.97 Å². The molecule has 0 aromatic heterocycles. The maximum absolute atomic E-state index is 10.3. The van der Waals surface area contributed by atoms with E-state index in [4.69, 9.17) is 9.84 Å². The number of rotatable bonds is 6. The molecule has 0 aliphatic heterocycles. The maximum Gasteiger partial charge on any atom is 0.303 e. The molecule has 0 aromatic carbocycles. The average Bonchev–Trinajstić information content (AvgIpc) is 1.98. The number of carboxylic acids is 1. The molecule has 0 aliphatic carbocycles. The standard InChI is InChI=1S/C11H22O3/c1-9(5-6-10(12)13)14-8-7-11(2,3)4/h9H,5-8H2,1-4H3,(H,12,13). The van der Waals surface area contributed by atoms with Crippen LogP contribution in [0.25, 0.3) is 0 Å². The Morgan fingerprint density at radius 2 is 2.00 bits per heavy atom. The van der Waals surface area contributed by atoms with E-state index in [1.54, 1.807) is 0 Å². The number of carbonyl (C=O) groups is 1. The van der Waals surface area contributed by atoms with Crippen LogP contribution in [0.1, 0.15) is 47.0 Å². The molecule has 14 heavy (non-hydrogen) atoms. The van der Waals surface area contributed by atoms with E-state index in [0.29, 0.717) is 13.0 Å². The van der Waals surface area contributed by atoms with Gasteiger partial charge < -0.3 is 9.84 Å². The zero-order valence-electron chi connectivity index (χ0n) is 9.67. The fourth-order valence-electron chi connectivity index (χ4n) is 0.976. The smallest absolute Gasteiger partial charge is 0.303 e. The van der Waals surface area contributed by atoms with Crippen molar-refractivity contribution in [2.75, 3.05) is 6.61 Å². The Morgan fingerprint density at radius 1 is 1.43 bits per heavy atom. The van der Waals surface area contributed by atoms with Gasteiger partial charge in [0.1, 0.15) is 0 Å². The number of aliphatic carboxylic acids is 1. The van der Waals surface area contributed by atoms with Crippen LogP contribution in [0, 0.1) is 5.41 Å². The Bertz CT molecular complexity index is 170. The summed E-state index contributed by atoms with van der Waals surface area (Å²) in [5.41, 5.74) is 0.284. The summed E-state index contributed by atoms with van der Waals surface area (Å²) >= 11 is 0. The second-order valence-corrected chi connectivity index (χ2v) is 4.92. The molecular formula is C11H22O3. The molecule has 0 saturated carbocycles. The van der Waals surface area contributed by atoms with E-state index in [1.165, 1.54) is 0 Å². The van der Waals surface area contributed by atoms with Gasteiger partial charge in [0, 0.05) is 13.0 Å². The average molecular weight is 202 g/mol. The van der Waals surface area contributed by atoms with Crippen LogP contribution >= 0.6 is 0 Å². The Kier molecular flexibility index (Phi) is 5.77. The highest BCUT2D eigenvalue weighted by molar-refractivity contribution is 5.66. The molecular weight excluding hydrogens is 180 g/mol. The number of carboxylic acid groups (broad SMARTS) is 1. The third-order valence-electron chi connectivity index (χ3n) is 2.02. The summed E-state index contributed by atoms with van der Waals surface area (Å²) in [7, 11) is 0. The van der Waals surface area contributed by atoms with Crippen LogP contribution in [-0.2, 0) is 9.53 Å². The van der Waals surface area contributed by atoms with Gasteiger partial charge in [-0.2, -0.15) is 0 Å². The summed E-state index contributed by atoms with van der Waals surface area (Å²) in [4.78, 5) is 10.3. The van der Waals surface area contributed by atoms with Crippen molar-refractivity contribution in [2.24, 2.45) is 5.41 Å². The van der Waals surface area contributed by atoms with E-state index >= 15 is 0 Å². The minimum absolute atomic E-state index is 0.0495. The van der Waals surface area contributed by atoms with Crippen molar-refractivity contribution in [3.05, 3.63) is 0 Å². The van der Waals surface area contributed by atoms with Gasteiger partial charge in [-0.15, -0.1) is 0 Å². The predicted octanol–water partition coefficient (Wildman–Crippen LogP) is 2.69. The highest BCUT2D eigenvalue weighted by Gasteiger charge is 2.11. The zero-order valence-corrected chi connectivity index (χ0v) is 9.67. The Balaban J connectivity index is 3.45. The van der Waals surface area contributed by atoms with Crippen LogP contribution in [0.5, 0.6) is 0 Å². The summed E-state index contributed by atoms with van der Waals surface area (Å²) in [6.45, 7) is 9.13. The second kappa shape index (κ2) is 6.02. The third kappa shape index (κ3) is 9.52. The van der Waals surface area contributed by atoms with Crippen LogP contribution in [0.3, 0.4) is 0 Å². The van der Waals surface area contributed by atoms with E-state index in [-0.39, 0.29) is 17.9 Å². The first-order valence-electron chi connectivity index (χ1n) is 5.14. The van der Waals surface area contributed by atoms with Gasteiger partial charge in [0.2, 0.25) is 0 Å². The Labute approximate surface area is 86.5 Å². The van der Waals surface area contributed by atoms with Crippen LogP contribution in [0.2, 0.25) is 0 Å². The lowest BCUT2D eigenvalue weighted by Crippen LogP contribution is -2.15. The lowest BCUT2D eigenvalue weighted by Gasteiger charge is -2.19. The van der Waals surface area contributed by atoms with Gasteiger partial charge in [-0.25, -0.2) is 0 Å². The zero-order chi connectivity index (χ0) is 11.2. The van der Waals surface area contributed by atoms with Crippen molar-refractivity contribution in [2.45, 2.75) is 53.1 Å². The molecule has 0 radical (unpaired) electrons. The molecule has 0 aromatic rings. The molecule has 0 fully saturated rings. The molecule has 1 unspecified atom stereocenters. The predicted molar refractivity (Wildman–Crippen MR) is 56.4 cm³/mol. The van der Waals surface area contributed by atoms with Crippen molar-refractivity contribution in [3.63, 3.8) is 0 Å². The number of hydrogen-bond acceptors (Lipinski definition) is 2. The first-order chi connectivity index (χ1) is 6.31. The fourth-order valence-corrected chi connectivity index (χ4v) is 0.976. The van der Waals surface area contributed by atoms with Gasteiger partial charge in [-0.1, -0.05) is 20.8 Å². The lowest BCUT2D eigenvalue weighted by atomic mass is 9.93. The van der Waals surface area contributed by atoms with Crippen molar-refractivity contribution < 1.29 is 14.6 Å². The molecule has 0 bridgehead atoms. The number of hydrogen-bond donors (Lipinski definition) is 1. The van der Waals surface area contributed by atoms with Crippen LogP contribution in [0.15, 0.2) is 0 Å². The quantitative estimate of drug-likeness (QED) is 0.720. The van der Waals surface area contributed by atoms with Crippen LogP contribution < -0.4 is 0 Å². The van der Waals surface area contributed by atoms with Gasteiger partial charge in [-0.05, 0) is 25.2 Å². The van der Waals surface area contributed by atoms with E-state index < -0.39 is 5.97 Å². The van der Waals surface area contributed by atoms with E-state index in [2.05, 4.69) is 20.8 Å². The summed E-state index contributed by atoms with van der Waals surface area (Å²) in [5.74, 6) is -0.753. The van der Waals surface area contributed by atoms with E-state index in [0.717, 1.165) is 6.42 Å². The monoisotopic (exact) mass is 202 g/mol. The summed E-state index contributed by atoms with van der Waals surface area (Å²) in [5, 5.41) is 8.46. The molecule has 0 amide bonds. The first-order valence-corrected chi connectivity index (χ1v) is 5.14. The van der Waals surface area contributed by atoms with Gasteiger partial charge in [0.25, 0.3) is 0 Å². The highest BCUT2D eigenvalue weighted by Crippen LogP contribution is 2.18.